The van der Waals surface area contributed by atoms with E-state index in [1.807, 2.05) is 38.2 Å². The first-order valence-corrected chi connectivity index (χ1v) is 7.31. The lowest BCUT2D eigenvalue weighted by molar-refractivity contribution is 0.0950. The van der Waals surface area contributed by atoms with E-state index in [1.165, 1.54) is 0 Å². The minimum absolute atomic E-state index is 0.0220. The zero-order chi connectivity index (χ0) is 15.1. The largest absolute Gasteiger partial charge is 0.369 e. The molecule has 1 unspecified atom stereocenters. The summed E-state index contributed by atoms with van der Waals surface area (Å²) in [4.78, 5) is 14.3. The third-order valence-corrected chi connectivity index (χ3v) is 3.49. The second kappa shape index (κ2) is 7.90. The number of anilines is 1. The van der Waals surface area contributed by atoms with Crippen LogP contribution in [-0.2, 0) is 0 Å². The van der Waals surface area contributed by atoms with Crippen LogP contribution in [0, 0.1) is 0 Å². The van der Waals surface area contributed by atoms with Gasteiger partial charge in [-0.15, -0.1) is 0 Å². The fourth-order valence-electron chi connectivity index (χ4n) is 2.10. The minimum Gasteiger partial charge on any atom is -0.369 e. The molecular weight excluding hydrogens is 250 g/mol. The van der Waals surface area contributed by atoms with Crippen molar-refractivity contribution in [1.82, 2.24) is 10.6 Å². The van der Waals surface area contributed by atoms with E-state index >= 15 is 0 Å². The van der Waals surface area contributed by atoms with Crippen LogP contribution in [0.15, 0.2) is 24.3 Å². The molecular formula is C16H27N3O. The summed E-state index contributed by atoms with van der Waals surface area (Å²) in [5, 5.41) is 6.01. The van der Waals surface area contributed by atoms with Crippen molar-refractivity contribution in [3.63, 3.8) is 0 Å². The predicted octanol–water partition coefficient (Wildman–Crippen LogP) is 2.26. The Bertz CT molecular complexity index is 414. The van der Waals surface area contributed by atoms with Gasteiger partial charge >= 0.3 is 0 Å². The van der Waals surface area contributed by atoms with Crippen molar-refractivity contribution >= 4 is 11.6 Å². The van der Waals surface area contributed by atoms with Gasteiger partial charge in [0.2, 0.25) is 0 Å². The summed E-state index contributed by atoms with van der Waals surface area (Å²) in [5.74, 6) is -0.0220. The molecule has 1 rings (SSSR count). The van der Waals surface area contributed by atoms with Crippen LogP contribution in [0.5, 0.6) is 0 Å². The molecule has 0 spiro atoms. The van der Waals surface area contributed by atoms with E-state index in [0.29, 0.717) is 18.2 Å². The van der Waals surface area contributed by atoms with Gasteiger partial charge in [-0.05, 0) is 59.0 Å². The summed E-state index contributed by atoms with van der Waals surface area (Å²) >= 11 is 0. The smallest absolute Gasteiger partial charge is 0.251 e. The van der Waals surface area contributed by atoms with Crippen LogP contribution in [0.3, 0.4) is 0 Å². The average molecular weight is 277 g/mol. The Hall–Kier alpha value is -1.55. The molecule has 0 saturated heterocycles. The van der Waals surface area contributed by atoms with Crippen molar-refractivity contribution in [3.05, 3.63) is 29.8 Å². The lowest BCUT2D eigenvalue weighted by Gasteiger charge is -2.27. The summed E-state index contributed by atoms with van der Waals surface area (Å²) < 4.78 is 0. The molecule has 1 aromatic carbocycles. The topological polar surface area (TPSA) is 44.4 Å². The van der Waals surface area contributed by atoms with Gasteiger partial charge in [-0.3, -0.25) is 4.79 Å². The van der Waals surface area contributed by atoms with Gasteiger partial charge < -0.3 is 15.5 Å². The summed E-state index contributed by atoms with van der Waals surface area (Å²) in [5.41, 5.74) is 1.86. The normalized spacial score (nSPS) is 12.3. The summed E-state index contributed by atoms with van der Waals surface area (Å²) in [6.07, 6.45) is 0. The molecule has 4 nitrogen and oxygen atoms in total. The quantitative estimate of drug-likeness (QED) is 0.803. The van der Waals surface area contributed by atoms with Gasteiger partial charge in [-0.2, -0.15) is 0 Å². The maximum atomic E-state index is 12.0. The van der Waals surface area contributed by atoms with Crippen LogP contribution < -0.4 is 15.5 Å². The fourth-order valence-corrected chi connectivity index (χ4v) is 2.10. The fraction of sp³-hybridized carbons (Fsp3) is 0.562. The molecule has 0 aromatic heterocycles. The summed E-state index contributed by atoms with van der Waals surface area (Å²) in [6, 6.07) is 8.53. The van der Waals surface area contributed by atoms with Gasteiger partial charge in [0.1, 0.15) is 0 Å². The molecule has 1 aromatic rings. The summed E-state index contributed by atoms with van der Waals surface area (Å²) in [6.45, 7) is 10.1. The number of carbonyl (C=O) groups is 1. The lowest BCUT2D eigenvalue weighted by atomic mass is 10.1. The molecule has 1 amide bonds. The molecule has 0 fully saturated rings. The predicted molar refractivity (Wildman–Crippen MR) is 85.5 cm³/mol. The van der Waals surface area contributed by atoms with Gasteiger partial charge in [-0.1, -0.05) is 0 Å². The Morgan fingerprint density at radius 1 is 1.20 bits per heavy atom. The molecule has 0 radical (unpaired) electrons. The minimum atomic E-state index is -0.0220. The number of nitrogens with zero attached hydrogens (tertiary/aromatic N) is 1. The first-order chi connectivity index (χ1) is 9.49. The van der Waals surface area contributed by atoms with E-state index in [1.54, 1.807) is 0 Å². The van der Waals surface area contributed by atoms with Crippen LogP contribution in [0.25, 0.3) is 0 Å². The molecule has 1 atom stereocenters. The van der Waals surface area contributed by atoms with E-state index in [4.69, 9.17) is 0 Å². The molecule has 0 aliphatic carbocycles. The highest BCUT2D eigenvalue weighted by molar-refractivity contribution is 5.94. The number of hydrogen-bond acceptors (Lipinski definition) is 3. The van der Waals surface area contributed by atoms with Gasteiger partial charge in [0, 0.05) is 36.4 Å². The average Bonchev–Trinajstić information content (AvgIpc) is 2.45. The SMILES string of the molecule is CCN(c1ccc(C(=O)NCC(C)NC)cc1)C(C)C. The van der Waals surface area contributed by atoms with Crippen molar-refractivity contribution in [3.8, 4) is 0 Å². The molecule has 0 saturated carbocycles. The molecule has 0 heterocycles. The van der Waals surface area contributed by atoms with E-state index in [-0.39, 0.29) is 11.9 Å². The Morgan fingerprint density at radius 3 is 2.25 bits per heavy atom. The van der Waals surface area contributed by atoms with E-state index in [0.717, 1.165) is 12.2 Å². The first kappa shape index (κ1) is 16.5. The van der Waals surface area contributed by atoms with Crippen LogP contribution in [0.4, 0.5) is 5.69 Å². The number of amides is 1. The number of benzene rings is 1. The standard InChI is InChI=1S/C16H27N3O/c1-6-19(12(2)3)15-9-7-14(8-10-15)16(20)18-11-13(4)17-5/h7-10,12-13,17H,6,11H2,1-5H3,(H,18,20). The van der Waals surface area contributed by atoms with E-state index in [2.05, 4.69) is 36.3 Å². The molecule has 0 aliphatic heterocycles. The van der Waals surface area contributed by atoms with Gasteiger partial charge in [0.15, 0.2) is 0 Å². The van der Waals surface area contributed by atoms with Crippen LogP contribution in [0.1, 0.15) is 38.1 Å². The Kier molecular flexibility index (Phi) is 6.52. The van der Waals surface area contributed by atoms with Gasteiger partial charge in [0.05, 0.1) is 0 Å². The number of rotatable bonds is 7. The molecule has 20 heavy (non-hydrogen) atoms. The second-order valence-corrected chi connectivity index (χ2v) is 5.33. The van der Waals surface area contributed by atoms with E-state index < -0.39 is 0 Å². The monoisotopic (exact) mass is 277 g/mol. The molecule has 0 aliphatic rings. The molecule has 0 bridgehead atoms. The van der Waals surface area contributed by atoms with Gasteiger partial charge in [-0.25, -0.2) is 0 Å². The highest BCUT2D eigenvalue weighted by Crippen LogP contribution is 2.17. The number of nitrogens with one attached hydrogen (secondary N) is 2. The highest BCUT2D eigenvalue weighted by atomic mass is 16.1. The van der Waals surface area contributed by atoms with Crippen molar-refractivity contribution in [1.29, 1.82) is 0 Å². The van der Waals surface area contributed by atoms with Crippen molar-refractivity contribution in [2.75, 3.05) is 25.0 Å². The third-order valence-electron chi connectivity index (χ3n) is 3.49. The maximum Gasteiger partial charge on any atom is 0.251 e. The molecule has 4 heteroatoms. The first-order valence-electron chi connectivity index (χ1n) is 7.31. The molecule has 112 valence electrons. The lowest BCUT2D eigenvalue weighted by Crippen LogP contribution is -2.37. The van der Waals surface area contributed by atoms with Crippen molar-refractivity contribution in [2.45, 2.75) is 39.8 Å². The van der Waals surface area contributed by atoms with Gasteiger partial charge in [0.25, 0.3) is 5.91 Å². The highest BCUT2D eigenvalue weighted by Gasteiger charge is 2.10. The summed E-state index contributed by atoms with van der Waals surface area (Å²) in [7, 11) is 1.89. The van der Waals surface area contributed by atoms with Crippen molar-refractivity contribution < 1.29 is 4.79 Å². The van der Waals surface area contributed by atoms with Crippen molar-refractivity contribution in [2.24, 2.45) is 0 Å². The number of likely N-dealkylation sites (N-methyl/N-ethyl adjacent to an activating group) is 1. The Labute approximate surface area is 122 Å². The van der Waals surface area contributed by atoms with Crippen LogP contribution >= 0.6 is 0 Å². The second-order valence-electron chi connectivity index (χ2n) is 5.33. The third kappa shape index (κ3) is 4.53. The van der Waals surface area contributed by atoms with Crippen LogP contribution in [-0.4, -0.2) is 38.1 Å². The zero-order valence-corrected chi connectivity index (χ0v) is 13.2. The van der Waals surface area contributed by atoms with E-state index in [9.17, 15) is 4.79 Å². The zero-order valence-electron chi connectivity index (χ0n) is 13.2. The Morgan fingerprint density at radius 2 is 1.80 bits per heavy atom. The Balaban J connectivity index is 2.68. The number of hydrogen-bond donors (Lipinski definition) is 2. The number of carbonyl (C=O) groups excluding carboxylic acids is 1. The van der Waals surface area contributed by atoms with Crippen LogP contribution in [0.2, 0.25) is 0 Å². The maximum absolute atomic E-state index is 12.0. The molecule has 2 N–H and O–H groups in total.